The molecular formula is C18H19N3O3. The van der Waals surface area contributed by atoms with Crippen molar-refractivity contribution in [2.24, 2.45) is 0 Å². The van der Waals surface area contributed by atoms with E-state index in [1.54, 1.807) is 24.9 Å². The van der Waals surface area contributed by atoms with E-state index in [9.17, 15) is 4.79 Å². The highest BCUT2D eigenvalue weighted by atomic mass is 16.5. The number of benzene rings is 2. The summed E-state index contributed by atoms with van der Waals surface area (Å²) in [5, 5.41) is 6.74. The van der Waals surface area contributed by atoms with Gasteiger partial charge < -0.3 is 9.47 Å². The summed E-state index contributed by atoms with van der Waals surface area (Å²) in [6.45, 7) is 2.05. The zero-order chi connectivity index (χ0) is 17.1. The molecule has 6 heteroatoms. The molecule has 24 heavy (non-hydrogen) atoms. The Kier molecular flexibility index (Phi) is 4.37. The number of H-pyrrole nitrogens is 1. The van der Waals surface area contributed by atoms with E-state index < -0.39 is 0 Å². The highest BCUT2D eigenvalue weighted by molar-refractivity contribution is 5.68. The number of aryl methyl sites for hydroxylation is 1. The van der Waals surface area contributed by atoms with E-state index in [1.807, 2.05) is 36.4 Å². The van der Waals surface area contributed by atoms with Gasteiger partial charge in [-0.2, -0.15) is 5.10 Å². The molecule has 0 radical (unpaired) electrons. The molecule has 0 fully saturated rings. The molecule has 3 rings (SSSR count). The molecule has 3 aromatic rings. The molecular weight excluding hydrogens is 306 g/mol. The third-order valence-electron chi connectivity index (χ3n) is 3.94. The van der Waals surface area contributed by atoms with Crippen LogP contribution < -0.4 is 15.2 Å². The average Bonchev–Trinajstić information content (AvgIpc) is 3.02. The molecule has 1 aromatic heterocycles. The van der Waals surface area contributed by atoms with Crippen molar-refractivity contribution in [1.82, 2.24) is 14.8 Å². The van der Waals surface area contributed by atoms with Gasteiger partial charge in [-0.15, -0.1) is 0 Å². The maximum atomic E-state index is 12.4. The van der Waals surface area contributed by atoms with Gasteiger partial charge in [0.15, 0.2) is 5.82 Å². The molecule has 0 spiro atoms. The first kappa shape index (κ1) is 15.9. The molecule has 0 aliphatic heterocycles. The lowest BCUT2D eigenvalue weighted by molar-refractivity contribution is 0.395. The molecule has 0 saturated heterocycles. The molecule has 0 atom stereocenters. The van der Waals surface area contributed by atoms with Crippen LogP contribution in [0.25, 0.3) is 17.1 Å². The van der Waals surface area contributed by atoms with Crippen LogP contribution in [0.1, 0.15) is 12.5 Å². The largest absolute Gasteiger partial charge is 0.497 e. The summed E-state index contributed by atoms with van der Waals surface area (Å²) in [4.78, 5) is 12.4. The normalized spacial score (nSPS) is 10.6. The van der Waals surface area contributed by atoms with Gasteiger partial charge in [0.05, 0.1) is 25.5 Å². The second-order valence-corrected chi connectivity index (χ2v) is 5.24. The van der Waals surface area contributed by atoms with Crippen molar-refractivity contribution in [3.8, 4) is 28.6 Å². The Balaban J connectivity index is 2.24. The van der Waals surface area contributed by atoms with E-state index in [-0.39, 0.29) is 5.69 Å². The third kappa shape index (κ3) is 2.67. The van der Waals surface area contributed by atoms with Gasteiger partial charge >= 0.3 is 5.69 Å². The number of ether oxygens (including phenoxy) is 2. The van der Waals surface area contributed by atoms with Crippen molar-refractivity contribution < 1.29 is 9.47 Å². The van der Waals surface area contributed by atoms with Crippen molar-refractivity contribution >= 4 is 0 Å². The van der Waals surface area contributed by atoms with Gasteiger partial charge in [-0.05, 0) is 30.2 Å². The van der Waals surface area contributed by atoms with Crippen LogP contribution >= 0.6 is 0 Å². The summed E-state index contributed by atoms with van der Waals surface area (Å²) in [5.74, 6) is 1.76. The van der Waals surface area contributed by atoms with E-state index in [0.29, 0.717) is 22.9 Å². The number of methoxy groups -OCH3 is 2. The SMILES string of the molecule is CCc1ccccc1-n1c(-c2ccc(OC)cc2OC)n[nH]c1=O. The molecule has 0 bridgehead atoms. The number of para-hydroxylation sites is 1. The minimum atomic E-state index is -0.288. The topological polar surface area (TPSA) is 69.1 Å². The fourth-order valence-electron chi connectivity index (χ4n) is 2.71. The lowest BCUT2D eigenvalue weighted by Crippen LogP contribution is -2.17. The Morgan fingerprint density at radius 1 is 1.12 bits per heavy atom. The average molecular weight is 325 g/mol. The minimum absolute atomic E-state index is 0.288. The zero-order valence-corrected chi connectivity index (χ0v) is 13.9. The standard InChI is InChI=1S/C18H19N3O3/c1-4-12-7-5-6-8-15(12)21-17(19-20-18(21)22)14-10-9-13(23-2)11-16(14)24-3/h5-11H,4H2,1-3H3,(H,20,22). The van der Waals surface area contributed by atoms with Gasteiger partial charge in [0.1, 0.15) is 11.5 Å². The Morgan fingerprint density at radius 2 is 1.92 bits per heavy atom. The summed E-state index contributed by atoms with van der Waals surface area (Å²) in [5.41, 5.74) is 2.30. The molecule has 0 amide bonds. The van der Waals surface area contributed by atoms with Gasteiger partial charge in [0.25, 0.3) is 0 Å². The fraction of sp³-hybridized carbons (Fsp3) is 0.222. The molecule has 1 heterocycles. The Hall–Kier alpha value is -3.02. The van der Waals surface area contributed by atoms with E-state index in [1.165, 1.54) is 0 Å². The summed E-state index contributed by atoms with van der Waals surface area (Å²) in [6.07, 6.45) is 0.812. The maximum absolute atomic E-state index is 12.4. The molecule has 0 saturated carbocycles. The van der Waals surface area contributed by atoms with E-state index in [2.05, 4.69) is 17.1 Å². The lowest BCUT2D eigenvalue weighted by atomic mass is 10.1. The number of hydrogen-bond acceptors (Lipinski definition) is 4. The van der Waals surface area contributed by atoms with Gasteiger partial charge in [0, 0.05) is 6.07 Å². The summed E-state index contributed by atoms with van der Waals surface area (Å²) < 4.78 is 12.2. The minimum Gasteiger partial charge on any atom is -0.497 e. The predicted octanol–water partition coefficient (Wildman–Crippen LogP) is 2.81. The zero-order valence-electron chi connectivity index (χ0n) is 13.9. The van der Waals surface area contributed by atoms with Gasteiger partial charge in [-0.3, -0.25) is 0 Å². The van der Waals surface area contributed by atoms with Crippen LogP contribution in [-0.2, 0) is 6.42 Å². The summed E-state index contributed by atoms with van der Waals surface area (Å²) in [7, 11) is 3.17. The fourth-order valence-corrected chi connectivity index (χ4v) is 2.71. The Labute approximate surface area is 139 Å². The van der Waals surface area contributed by atoms with Crippen LogP contribution in [-0.4, -0.2) is 29.0 Å². The molecule has 6 nitrogen and oxygen atoms in total. The second kappa shape index (κ2) is 6.62. The second-order valence-electron chi connectivity index (χ2n) is 5.24. The van der Waals surface area contributed by atoms with Crippen LogP contribution in [0.5, 0.6) is 11.5 Å². The van der Waals surface area contributed by atoms with Crippen molar-refractivity contribution in [1.29, 1.82) is 0 Å². The number of aromatic amines is 1. The van der Waals surface area contributed by atoms with Crippen LogP contribution in [0.4, 0.5) is 0 Å². The highest BCUT2D eigenvalue weighted by Gasteiger charge is 2.18. The predicted molar refractivity (Wildman–Crippen MR) is 92.1 cm³/mol. The van der Waals surface area contributed by atoms with E-state index >= 15 is 0 Å². The van der Waals surface area contributed by atoms with E-state index in [4.69, 9.17) is 9.47 Å². The lowest BCUT2D eigenvalue weighted by Gasteiger charge is -2.13. The first-order valence-corrected chi connectivity index (χ1v) is 7.67. The van der Waals surface area contributed by atoms with Crippen molar-refractivity contribution in [2.45, 2.75) is 13.3 Å². The Bertz CT molecular complexity index is 912. The van der Waals surface area contributed by atoms with Gasteiger partial charge in [-0.1, -0.05) is 25.1 Å². The molecule has 0 aliphatic rings. The molecule has 0 unspecified atom stereocenters. The summed E-state index contributed by atoms with van der Waals surface area (Å²) >= 11 is 0. The smallest absolute Gasteiger partial charge is 0.348 e. The third-order valence-corrected chi connectivity index (χ3v) is 3.94. The molecule has 124 valence electrons. The number of hydrogen-bond donors (Lipinski definition) is 1. The van der Waals surface area contributed by atoms with Crippen LogP contribution in [0.3, 0.4) is 0 Å². The quantitative estimate of drug-likeness (QED) is 0.783. The highest BCUT2D eigenvalue weighted by Crippen LogP contribution is 2.32. The van der Waals surface area contributed by atoms with Crippen LogP contribution in [0.15, 0.2) is 47.3 Å². The van der Waals surface area contributed by atoms with E-state index in [0.717, 1.165) is 17.7 Å². The van der Waals surface area contributed by atoms with Gasteiger partial charge in [0.2, 0.25) is 0 Å². The van der Waals surface area contributed by atoms with Crippen LogP contribution in [0.2, 0.25) is 0 Å². The van der Waals surface area contributed by atoms with Gasteiger partial charge in [-0.25, -0.2) is 14.5 Å². The van der Waals surface area contributed by atoms with Crippen molar-refractivity contribution in [3.63, 3.8) is 0 Å². The first-order chi connectivity index (χ1) is 11.7. The number of nitrogens with one attached hydrogen (secondary N) is 1. The van der Waals surface area contributed by atoms with Crippen LogP contribution in [0, 0.1) is 0 Å². The van der Waals surface area contributed by atoms with Crippen molar-refractivity contribution in [2.75, 3.05) is 14.2 Å². The molecule has 0 aliphatic carbocycles. The summed E-state index contributed by atoms with van der Waals surface area (Å²) in [6, 6.07) is 13.2. The molecule has 1 N–H and O–H groups in total. The number of rotatable bonds is 5. The number of aromatic nitrogens is 3. The molecule has 2 aromatic carbocycles. The number of nitrogens with zero attached hydrogens (tertiary/aromatic N) is 2. The van der Waals surface area contributed by atoms with Crippen molar-refractivity contribution in [3.05, 3.63) is 58.5 Å². The maximum Gasteiger partial charge on any atom is 0.348 e. The Morgan fingerprint density at radius 3 is 2.62 bits per heavy atom. The first-order valence-electron chi connectivity index (χ1n) is 7.67. The monoisotopic (exact) mass is 325 g/mol.